The number of allylic oxidation sites excluding steroid dienone is 4. The Hall–Kier alpha value is -5.55. The molecule has 0 spiro atoms. The third-order valence-corrected chi connectivity index (χ3v) is 8.53. The van der Waals surface area contributed by atoms with Gasteiger partial charge in [-0.25, -0.2) is 15.0 Å². The molecule has 4 aromatic carbocycles. The SMILES string of the molecule is C=c1oc2ccccc2/c1=C/CCCc1ccc2oc3ccccc3c2c1-c1nc(C2=CC=CCC2)nc(-c2ccccc2)n1. The second kappa shape index (κ2) is 11.5. The van der Waals surface area contributed by atoms with Crippen molar-refractivity contribution < 1.29 is 8.83 Å². The Bertz CT molecular complexity index is 2380. The zero-order valence-electron chi connectivity index (χ0n) is 24.9. The van der Waals surface area contributed by atoms with Crippen LogP contribution < -0.4 is 10.6 Å². The lowest BCUT2D eigenvalue weighted by atomic mass is 9.95. The summed E-state index contributed by atoms with van der Waals surface area (Å²) in [6.07, 6.45) is 13.2. The van der Waals surface area contributed by atoms with Gasteiger partial charge in [-0.05, 0) is 61.4 Å². The summed E-state index contributed by atoms with van der Waals surface area (Å²) in [5.74, 6) is 2.07. The second-order valence-corrected chi connectivity index (χ2v) is 11.4. The van der Waals surface area contributed by atoms with Crippen LogP contribution in [0.25, 0.3) is 73.9 Å². The first-order chi connectivity index (χ1) is 22.2. The minimum absolute atomic E-state index is 0.671. The number of hydrogen-bond donors (Lipinski definition) is 0. The fraction of sp³-hybridized carbons (Fsp3) is 0.125. The van der Waals surface area contributed by atoms with Crippen molar-refractivity contribution >= 4 is 51.1 Å². The van der Waals surface area contributed by atoms with Crippen LogP contribution in [0.4, 0.5) is 0 Å². The highest BCUT2D eigenvalue weighted by Crippen LogP contribution is 2.39. The zero-order valence-corrected chi connectivity index (χ0v) is 24.9. The lowest BCUT2D eigenvalue weighted by molar-refractivity contribution is 0.577. The highest BCUT2D eigenvalue weighted by molar-refractivity contribution is 6.12. The number of nitrogens with zero attached hydrogens (tertiary/aromatic N) is 3. The summed E-state index contributed by atoms with van der Waals surface area (Å²) in [5, 5.41) is 4.28. The van der Waals surface area contributed by atoms with Gasteiger partial charge in [0.25, 0.3) is 0 Å². The molecule has 0 bridgehead atoms. The van der Waals surface area contributed by atoms with Crippen molar-refractivity contribution in [1.29, 1.82) is 0 Å². The molecule has 5 nitrogen and oxygen atoms in total. The van der Waals surface area contributed by atoms with E-state index in [2.05, 4.69) is 73.3 Å². The molecular weight excluding hydrogens is 554 g/mol. The van der Waals surface area contributed by atoms with Gasteiger partial charge in [0.05, 0.1) is 0 Å². The molecule has 7 aromatic rings. The van der Waals surface area contributed by atoms with Gasteiger partial charge in [0, 0.05) is 32.5 Å². The van der Waals surface area contributed by atoms with E-state index in [1.165, 1.54) is 5.56 Å². The van der Waals surface area contributed by atoms with E-state index >= 15 is 0 Å². The number of aryl methyl sites for hydroxylation is 1. The third kappa shape index (κ3) is 5.06. The van der Waals surface area contributed by atoms with Gasteiger partial charge in [-0.1, -0.05) is 104 Å². The average molecular weight is 586 g/mol. The van der Waals surface area contributed by atoms with E-state index in [4.69, 9.17) is 23.8 Å². The first kappa shape index (κ1) is 27.0. The fourth-order valence-corrected chi connectivity index (χ4v) is 6.34. The maximum absolute atomic E-state index is 6.34. The summed E-state index contributed by atoms with van der Waals surface area (Å²) >= 11 is 0. The Morgan fingerprint density at radius 1 is 0.711 bits per heavy atom. The Morgan fingerprint density at radius 3 is 2.27 bits per heavy atom. The van der Waals surface area contributed by atoms with Crippen LogP contribution >= 0.6 is 0 Å². The van der Waals surface area contributed by atoms with Crippen LogP contribution in [0, 0.1) is 0 Å². The Balaban J connectivity index is 1.27. The first-order valence-electron chi connectivity index (χ1n) is 15.5. The number of benzene rings is 4. The number of aromatic nitrogens is 3. The van der Waals surface area contributed by atoms with Crippen molar-refractivity contribution in [2.24, 2.45) is 0 Å². The molecule has 0 amide bonds. The highest BCUT2D eigenvalue weighted by Gasteiger charge is 2.21. The van der Waals surface area contributed by atoms with E-state index in [-0.39, 0.29) is 0 Å². The molecule has 0 unspecified atom stereocenters. The van der Waals surface area contributed by atoms with E-state index in [9.17, 15) is 0 Å². The van der Waals surface area contributed by atoms with Crippen LogP contribution in [0.15, 0.2) is 118 Å². The maximum Gasteiger partial charge on any atom is 0.165 e. The van der Waals surface area contributed by atoms with Gasteiger partial charge >= 0.3 is 0 Å². The van der Waals surface area contributed by atoms with Gasteiger partial charge in [-0.2, -0.15) is 0 Å². The molecular formula is C40H31N3O2. The quantitative estimate of drug-likeness (QED) is 0.175. The molecule has 218 valence electrons. The normalized spacial score (nSPS) is 13.7. The number of rotatable bonds is 7. The van der Waals surface area contributed by atoms with Crippen LogP contribution in [0.2, 0.25) is 0 Å². The number of para-hydroxylation sites is 2. The molecule has 45 heavy (non-hydrogen) atoms. The molecule has 1 aliphatic carbocycles. The molecule has 1 aliphatic rings. The second-order valence-electron chi connectivity index (χ2n) is 11.4. The summed E-state index contributed by atoms with van der Waals surface area (Å²) in [4.78, 5) is 15.3. The molecule has 0 radical (unpaired) electrons. The third-order valence-electron chi connectivity index (χ3n) is 8.53. The van der Waals surface area contributed by atoms with Crippen molar-refractivity contribution in [2.75, 3.05) is 0 Å². The van der Waals surface area contributed by atoms with Gasteiger partial charge < -0.3 is 8.83 Å². The molecule has 3 aromatic heterocycles. The zero-order chi connectivity index (χ0) is 30.2. The number of unbranched alkanes of at least 4 members (excludes halogenated alkanes) is 1. The predicted molar refractivity (Wildman–Crippen MR) is 183 cm³/mol. The average Bonchev–Trinajstić information content (AvgIpc) is 3.63. The molecule has 0 saturated carbocycles. The number of hydrogen-bond acceptors (Lipinski definition) is 5. The van der Waals surface area contributed by atoms with Crippen molar-refractivity contribution in [3.05, 3.63) is 131 Å². The molecule has 0 aliphatic heterocycles. The molecule has 0 fully saturated rings. The Kier molecular flexibility index (Phi) is 6.91. The molecule has 0 atom stereocenters. The molecule has 0 N–H and O–H groups in total. The minimum atomic E-state index is 0.671. The Morgan fingerprint density at radius 2 is 1.44 bits per heavy atom. The van der Waals surface area contributed by atoms with E-state index < -0.39 is 0 Å². The standard InChI is InChI=1S/C40H31N3O2/c1-26-30(31-20-10-12-22-33(31)44-26)19-9-8-14-27-24-25-35-37(32-21-11-13-23-34(32)45-35)36(27)40-42-38(28-15-4-2-5-16-28)41-39(43-40)29-17-6-3-7-18-29/h2-6,10-13,15-17,19-25H,1,7-9,14,18H2/b30-19+. The van der Waals surface area contributed by atoms with E-state index in [0.717, 1.165) is 92.8 Å². The van der Waals surface area contributed by atoms with Gasteiger partial charge in [-0.3, -0.25) is 0 Å². The number of furan rings is 2. The van der Waals surface area contributed by atoms with Gasteiger partial charge in [-0.15, -0.1) is 0 Å². The van der Waals surface area contributed by atoms with Gasteiger partial charge in [0.2, 0.25) is 0 Å². The maximum atomic E-state index is 6.34. The van der Waals surface area contributed by atoms with Crippen molar-refractivity contribution in [3.8, 4) is 22.8 Å². The van der Waals surface area contributed by atoms with Crippen LogP contribution in [-0.2, 0) is 6.42 Å². The number of fused-ring (bicyclic) bond motifs is 4. The van der Waals surface area contributed by atoms with Crippen LogP contribution in [-0.4, -0.2) is 15.0 Å². The summed E-state index contributed by atoms with van der Waals surface area (Å²) < 4.78 is 12.2. The topological polar surface area (TPSA) is 65.0 Å². The molecule has 5 heteroatoms. The molecule has 0 saturated heterocycles. The monoisotopic (exact) mass is 585 g/mol. The molecule has 8 rings (SSSR count). The fourth-order valence-electron chi connectivity index (χ4n) is 6.34. The summed E-state index contributed by atoms with van der Waals surface area (Å²) in [6.45, 7) is 4.15. The summed E-state index contributed by atoms with van der Waals surface area (Å²) in [6, 6.07) is 30.7. The van der Waals surface area contributed by atoms with E-state index in [0.29, 0.717) is 17.1 Å². The van der Waals surface area contributed by atoms with Gasteiger partial charge in [0.15, 0.2) is 17.5 Å². The van der Waals surface area contributed by atoms with Gasteiger partial charge in [0.1, 0.15) is 22.2 Å². The van der Waals surface area contributed by atoms with Crippen molar-refractivity contribution in [2.45, 2.75) is 32.1 Å². The highest BCUT2D eigenvalue weighted by atomic mass is 16.3. The summed E-state index contributed by atoms with van der Waals surface area (Å²) in [5.41, 5.74) is 7.54. The van der Waals surface area contributed by atoms with Crippen molar-refractivity contribution in [1.82, 2.24) is 15.0 Å². The largest absolute Gasteiger partial charge is 0.457 e. The summed E-state index contributed by atoms with van der Waals surface area (Å²) in [7, 11) is 0. The van der Waals surface area contributed by atoms with Crippen LogP contribution in [0.3, 0.4) is 0 Å². The van der Waals surface area contributed by atoms with E-state index in [1.807, 2.05) is 48.5 Å². The minimum Gasteiger partial charge on any atom is -0.457 e. The van der Waals surface area contributed by atoms with Crippen LogP contribution in [0.1, 0.15) is 37.1 Å². The van der Waals surface area contributed by atoms with Crippen LogP contribution in [0.5, 0.6) is 0 Å². The first-order valence-corrected chi connectivity index (χ1v) is 15.5. The van der Waals surface area contributed by atoms with E-state index in [1.54, 1.807) is 0 Å². The smallest absolute Gasteiger partial charge is 0.165 e. The lowest BCUT2D eigenvalue weighted by Gasteiger charge is -2.14. The Labute approximate surface area is 260 Å². The molecule has 3 heterocycles. The predicted octanol–water partition coefficient (Wildman–Crippen LogP) is 8.80. The van der Waals surface area contributed by atoms with Crippen molar-refractivity contribution in [3.63, 3.8) is 0 Å². The lowest BCUT2D eigenvalue weighted by Crippen LogP contribution is -2.17.